The summed E-state index contributed by atoms with van der Waals surface area (Å²) >= 11 is 0. The summed E-state index contributed by atoms with van der Waals surface area (Å²) in [4.78, 5) is 16.7. The Kier molecular flexibility index (Phi) is 4.43. The van der Waals surface area contributed by atoms with E-state index < -0.39 is 0 Å². The fraction of sp³-hybridized carbons (Fsp3) is 0.250. The Bertz CT molecular complexity index is 837. The smallest absolute Gasteiger partial charge is 0.249 e. The minimum Gasteiger partial charge on any atom is -0.357 e. The van der Waals surface area contributed by atoms with E-state index in [1.807, 2.05) is 32.0 Å². The van der Waals surface area contributed by atoms with E-state index in [1.165, 1.54) is 12.4 Å². The van der Waals surface area contributed by atoms with Gasteiger partial charge in [-0.05, 0) is 18.1 Å². The Labute approximate surface area is 138 Å². The predicted molar refractivity (Wildman–Crippen MR) is 85.5 cm³/mol. The van der Waals surface area contributed by atoms with Gasteiger partial charge in [-0.2, -0.15) is 10.2 Å². The third kappa shape index (κ3) is 3.35. The van der Waals surface area contributed by atoms with E-state index in [4.69, 9.17) is 9.78 Å². The first kappa shape index (κ1) is 15.6. The first-order chi connectivity index (χ1) is 11.7. The Balaban J connectivity index is 1.83. The van der Waals surface area contributed by atoms with E-state index in [0.29, 0.717) is 17.5 Å². The molecule has 3 aromatic heterocycles. The van der Waals surface area contributed by atoms with Gasteiger partial charge in [0.2, 0.25) is 11.7 Å². The largest absolute Gasteiger partial charge is 0.357 e. The van der Waals surface area contributed by atoms with Crippen LogP contribution in [0.15, 0.2) is 41.4 Å². The fourth-order valence-electron chi connectivity index (χ4n) is 2.11. The molecule has 3 aromatic rings. The number of nitrogens with zero attached hydrogens (tertiary/aromatic N) is 6. The predicted octanol–water partition coefficient (Wildman–Crippen LogP) is 2.60. The van der Waals surface area contributed by atoms with Crippen molar-refractivity contribution >= 4 is 5.82 Å². The quantitative estimate of drug-likeness (QED) is 0.762. The van der Waals surface area contributed by atoms with E-state index in [1.54, 1.807) is 12.4 Å². The second kappa shape index (κ2) is 6.83. The molecule has 1 N–H and O–H groups in total. The molecule has 0 spiro atoms. The van der Waals surface area contributed by atoms with Crippen LogP contribution in [0.25, 0.3) is 11.4 Å². The molecule has 0 fully saturated rings. The molecule has 0 aliphatic rings. The molecule has 0 saturated carbocycles. The third-order valence-electron chi connectivity index (χ3n) is 3.36. The van der Waals surface area contributed by atoms with E-state index in [2.05, 4.69) is 30.4 Å². The second-order valence-electron chi connectivity index (χ2n) is 5.46. The zero-order valence-electron chi connectivity index (χ0n) is 13.2. The molecule has 120 valence electrons. The average Bonchev–Trinajstić information content (AvgIpc) is 3.10. The van der Waals surface area contributed by atoms with Gasteiger partial charge in [0.15, 0.2) is 5.69 Å². The van der Waals surface area contributed by atoms with Crippen LogP contribution in [0.3, 0.4) is 0 Å². The highest BCUT2D eigenvalue weighted by Crippen LogP contribution is 2.26. The van der Waals surface area contributed by atoms with Crippen molar-refractivity contribution in [1.29, 1.82) is 5.26 Å². The summed E-state index contributed by atoms with van der Waals surface area (Å²) < 4.78 is 5.41. The number of nitriles is 1. The average molecular weight is 321 g/mol. The number of anilines is 1. The van der Waals surface area contributed by atoms with Gasteiger partial charge in [0.05, 0.1) is 12.4 Å². The molecule has 8 heteroatoms. The lowest BCUT2D eigenvalue weighted by atomic mass is 10.0. The maximum absolute atomic E-state index is 8.78. The number of rotatable bonds is 5. The van der Waals surface area contributed by atoms with Crippen LogP contribution in [0.5, 0.6) is 0 Å². The molecule has 1 atom stereocenters. The van der Waals surface area contributed by atoms with Crippen LogP contribution >= 0.6 is 0 Å². The van der Waals surface area contributed by atoms with Crippen molar-refractivity contribution in [3.8, 4) is 17.5 Å². The van der Waals surface area contributed by atoms with Crippen LogP contribution in [0.2, 0.25) is 0 Å². The lowest BCUT2D eigenvalue weighted by Gasteiger charge is -2.18. The molecule has 0 saturated heterocycles. The van der Waals surface area contributed by atoms with Crippen LogP contribution in [0, 0.1) is 17.2 Å². The third-order valence-corrected chi connectivity index (χ3v) is 3.36. The molecule has 0 radical (unpaired) electrons. The van der Waals surface area contributed by atoms with Crippen LogP contribution in [0.1, 0.15) is 31.5 Å². The monoisotopic (exact) mass is 321 g/mol. The first-order valence-electron chi connectivity index (χ1n) is 7.40. The van der Waals surface area contributed by atoms with E-state index in [-0.39, 0.29) is 17.7 Å². The van der Waals surface area contributed by atoms with Gasteiger partial charge < -0.3 is 9.84 Å². The molecule has 0 amide bonds. The van der Waals surface area contributed by atoms with Gasteiger partial charge in [-0.1, -0.05) is 19.0 Å². The summed E-state index contributed by atoms with van der Waals surface area (Å²) in [6.07, 6.45) is 6.28. The highest BCUT2D eigenvalue weighted by atomic mass is 16.5. The Morgan fingerprint density at radius 3 is 2.71 bits per heavy atom. The number of hydrogen-bond donors (Lipinski definition) is 1. The summed E-state index contributed by atoms with van der Waals surface area (Å²) in [7, 11) is 0. The maximum Gasteiger partial charge on any atom is 0.249 e. The van der Waals surface area contributed by atoms with Gasteiger partial charge >= 0.3 is 0 Å². The minimum atomic E-state index is -0.231. The van der Waals surface area contributed by atoms with Crippen LogP contribution in [-0.4, -0.2) is 25.1 Å². The lowest BCUT2D eigenvalue weighted by Crippen LogP contribution is -2.18. The maximum atomic E-state index is 8.78. The van der Waals surface area contributed by atoms with Crippen molar-refractivity contribution in [3.05, 3.63) is 48.5 Å². The van der Waals surface area contributed by atoms with Gasteiger partial charge in [0.25, 0.3) is 0 Å². The van der Waals surface area contributed by atoms with Crippen molar-refractivity contribution in [3.63, 3.8) is 0 Å². The van der Waals surface area contributed by atoms with Crippen molar-refractivity contribution in [1.82, 2.24) is 25.1 Å². The molecule has 0 bridgehead atoms. The number of pyridine rings is 1. The molecule has 3 heterocycles. The summed E-state index contributed by atoms with van der Waals surface area (Å²) in [6.45, 7) is 4.06. The summed E-state index contributed by atoms with van der Waals surface area (Å²) in [5.41, 5.74) is 1.05. The summed E-state index contributed by atoms with van der Waals surface area (Å²) in [5.74, 6) is 1.64. The minimum absolute atomic E-state index is 0.171. The molecule has 1 unspecified atom stereocenters. The molecule has 24 heavy (non-hydrogen) atoms. The zero-order valence-corrected chi connectivity index (χ0v) is 13.2. The van der Waals surface area contributed by atoms with Gasteiger partial charge in [-0.25, -0.2) is 9.97 Å². The molecule has 3 rings (SSSR count). The Morgan fingerprint density at radius 2 is 2.08 bits per heavy atom. The van der Waals surface area contributed by atoms with Gasteiger partial charge in [-0.3, -0.25) is 4.98 Å². The van der Waals surface area contributed by atoms with Crippen LogP contribution in [0.4, 0.5) is 5.82 Å². The molecular weight excluding hydrogens is 306 g/mol. The Hall–Kier alpha value is -3.34. The van der Waals surface area contributed by atoms with E-state index in [9.17, 15) is 0 Å². The summed E-state index contributed by atoms with van der Waals surface area (Å²) in [5, 5.41) is 16.0. The molecule has 0 aliphatic heterocycles. The fourth-order valence-corrected chi connectivity index (χ4v) is 2.11. The van der Waals surface area contributed by atoms with Crippen molar-refractivity contribution in [2.45, 2.75) is 19.9 Å². The van der Waals surface area contributed by atoms with Gasteiger partial charge in [0, 0.05) is 18.0 Å². The van der Waals surface area contributed by atoms with Crippen molar-refractivity contribution < 1.29 is 4.52 Å². The molecule has 8 nitrogen and oxygen atoms in total. The molecular formula is C16H15N7O. The SMILES string of the molecule is CC(C)C(Nc1cnc(C#N)cn1)c1nc(-c2cccnc2)no1. The number of nitrogens with one attached hydrogen (secondary N) is 1. The highest BCUT2D eigenvalue weighted by Gasteiger charge is 2.23. The van der Waals surface area contributed by atoms with Gasteiger partial charge in [-0.15, -0.1) is 0 Å². The number of hydrogen-bond acceptors (Lipinski definition) is 8. The molecule has 0 aromatic carbocycles. The summed E-state index contributed by atoms with van der Waals surface area (Å²) in [6, 6.07) is 5.39. The first-order valence-corrected chi connectivity index (χ1v) is 7.40. The van der Waals surface area contributed by atoms with Crippen LogP contribution in [-0.2, 0) is 0 Å². The van der Waals surface area contributed by atoms with Crippen molar-refractivity contribution in [2.75, 3.05) is 5.32 Å². The van der Waals surface area contributed by atoms with Gasteiger partial charge in [0.1, 0.15) is 17.9 Å². The van der Waals surface area contributed by atoms with Crippen LogP contribution < -0.4 is 5.32 Å². The van der Waals surface area contributed by atoms with E-state index in [0.717, 1.165) is 5.56 Å². The number of aromatic nitrogens is 5. The normalized spacial score (nSPS) is 11.9. The van der Waals surface area contributed by atoms with Crippen molar-refractivity contribution in [2.24, 2.45) is 5.92 Å². The zero-order chi connectivity index (χ0) is 16.9. The topological polar surface area (TPSA) is 113 Å². The Morgan fingerprint density at radius 1 is 1.21 bits per heavy atom. The highest BCUT2D eigenvalue weighted by molar-refractivity contribution is 5.52. The standard InChI is InChI=1S/C16H15N7O/c1-10(2)14(21-13-9-19-12(6-17)8-20-13)16-22-15(23-24-16)11-4-3-5-18-7-11/h3-5,7-10,14H,1-2H3,(H,20,21). The second-order valence-corrected chi connectivity index (χ2v) is 5.46. The van der Waals surface area contributed by atoms with E-state index >= 15 is 0 Å². The molecule has 0 aliphatic carbocycles. The lowest BCUT2D eigenvalue weighted by molar-refractivity contribution is 0.335.